The highest BCUT2D eigenvalue weighted by Gasteiger charge is 2.52. The molecule has 1 saturated heterocycles. The standard InChI is InChI=1S/C30H32N4OSi/c31-22-14-10-20(11-15-22)30(21-12-16-23(32)17-13-21)26-8-2-1-6-24(26)25-7-5-9-27(28(25)30)29(36(33)34)18-3-4-19-35-29/h1-2,5-17,36H,3-4,18-19,31-34H2. The SMILES string of the molecule is Nc1ccc(C2(c3ccc(N)cc3)c3ccccc3-c3cccc(C4([SiH](N)N)CCCCO4)c32)cc1. The monoisotopic (exact) mass is 492 g/mol. The second kappa shape index (κ2) is 8.60. The summed E-state index contributed by atoms with van der Waals surface area (Å²) in [5, 5.41) is 12.8. The van der Waals surface area contributed by atoms with Gasteiger partial charge in [-0.3, -0.25) is 0 Å². The zero-order valence-electron chi connectivity index (χ0n) is 20.3. The van der Waals surface area contributed by atoms with E-state index in [1.165, 1.54) is 22.3 Å². The summed E-state index contributed by atoms with van der Waals surface area (Å²) in [7, 11) is -2.27. The second-order valence-corrected chi connectivity index (χ2v) is 12.0. The minimum absolute atomic E-state index is 0.596. The average molecular weight is 493 g/mol. The molecule has 1 fully saturated rings. The van der Waals surface area contributed by atoms with Crippen molar-refractivity contribution in [1.29, 1.82) is 0 Å². The molecular formula is C30H32N4OSi. The molecule has 0 bridgehead atoms. The van der Waals surface area contributed by atoms with E-state index < -0.39 is 19.8 Å². The van der Waals surface area contributed by atoms with Gasteiger partial charge < -0.3 is 27.0 Å². The van der Waals surface area contributed by atoms with Crippen LogP contribution in [0, 0.1) is 0 Å². The Bertz CT molecular complexity index is 1360. The molecule has 6 heteroatoms. The molecule has 6 rings (SSSR count). The summed E-state index contributed by atoms with van der Waals surface area (Å²) in [6.07, 6.45) is 2.91. The van der Waals surface area contributed by atoms with Gasteiger partial charge in [0.25, 0.3) is 0 Å². The molecule has 0 saturated carbocycles. The van der Waals surface area contributed by atoms with E-state index in [-0.39, 0.29) is 0 Å². The summed E-state index contributed by atoms with van der Waals surface area (Å²) in [4.78, 5) is 0. The van der Waals surface area contributed by atoms with Crippen molar-refractivity contribution in [3.8, 4) is 11.1 Å². The normalized spacial score (nSPS) is 20.2. The highest BCUT2D eigenvalue weighted by molar-refractivity contribution is 6.54. The molecule has 0 amide bonds. The van der Waals surface area contributed by atoms with Gasteiger partial charge in [-0.2, -0.15) is 0 Å². The molecule has 5 nitrogen and oxygen atoms in total. The number of nitrogens with two attached hydrogens (primary N) is 4. The first-order chi connectivity index (χ1) is 17.5. The molecule has 0 aromatic heterocycles. The van der Waals surface area contributed by atoms with Gasteiger partial charge in [0, 0.05) is 18.0 Å². The van der Waals surface area contributed by atoms with Crippen LogP contribution in [-0.4, -0.2) is 15.7 Å². The number of nitrogen functional groups attached to an aromatic ring is 2. The molecule has 4 aromatic rings. The number of ether oxygens (including phenoxy) is 1. The number of hydrogen-bond donors (Lipinski definition) is 4. The quantitative estimate of drug-likeness (QED) is 0.221. The molecule has 1 heterocycles. The summed E-state index contributed by atoms with van der Waals surface area (Å²) in [6.45, 7) is 0.672. The Morgan fingerprint density at radius 1 is 0.639 bits per heavy atom. The van der Waals surface area contributed by atoms with Crippen LogP contribution in [0.25, 0.3) is 11.1 Å². The van der Waals surface area contributed by atoms with Crippen molar-refractivity contribution in [2.75, 3.05) is 18.1 Å². The Balaban J connectivity index is 1.78. The van der Waals surface area contributed by atoms with Gasteiger partial charge in [-0.15, -0.1) is 0 Å². The zero-order chi connectivity index (χ0) is 24.9. The van der Waals surface area contributed by atoms with E-state index in [2.05, 4.69) is 66.7 Å². The van der Waals surface area contributed by atoms with E-state index in [1.54, 1.807) is 0 Å². The minimum atomic E-state index is -2.27. The molecule has 0 spiro atoms. The first-order valence-corrected chi connectivity index (χ1v) is 14.5. The van der Waals surface area contributed by atoms with Crippen molar-refractivity contribution in [2.24, 2.45) is 10.8 Å². The number of fused-ring (bicyclic) bond motifs is 3. The van der Waals surface area contributed by atoms with E-state index in [4.69, 9.17) is 27.0 Å². The first-order valence-electron chi connectivity index (χ1n) is 12.6. The molecule has 0 radical (unpaired) electrons. The molecule has 36 heavy (non-hydrogen) atoms. The fourth-order valence-electron chi connectivity index (χ4n) is 6.42. The highest BCUT2D eigenvalue weighted by atomic mass is 28.3. The van der Waals surface area contributed by atoms with Gasteiger partial charge in [-0.1, -0.05) is 66.7 Å². The lowest BCUT2D eigenvalue weighted by Crippen LogP contribution is -2.60. The summed E-state index contributed by atoms with van der Waals surface area (Å²) >= 11 is 0. The number of anilines is 2. The largest absolute Gasteiger partial charge is 0.399 e. The Hall–Kier alpha value is -3.42. The van der Waals surface area contributed by atoms with Gasteiger partial charge >= 0.3 is 0 Å². The molecule has 4 aromatic carbocycles. The van der Waals surface area contributed by atoms with Gasteiger partial charge in [0.1, 0.15) is 5.22 Å². The van der Waals surface area contributed by atoms with Gasteiger partial charge in [-0.25, -0.2) is 0 Å². The van der Waals surface area contributed by atoms with Crippen LogP contribution in [0.5, 0.6) is 0 Å². The summed E-state index contributed by atoms with van der Waals surface area (Å²) < 4.78 is 6.61. The minimum Gasteiger partial charge on any atom is -0.399 e. The molecule has 182 valence electrons. The fourth-order valence-corrected chi connectivity index (χ4v) is 7.86. The third-order valence-corrected chi connectivity index (χ3v) is 9.89. The first kappa shape index (κ1) is 23.0. The molecule has 1 aliphatic heterocycles. The Labute approximate surface area is 213 Å². The maximum Gasteiger partial charge on any atom is 0.217 e. The molecule has 8 N–H and O–H groups in total. The summed E-state index contributed by atoms with van der Waals surface area (Å²) in [6, 6.07) is 31.7. The number of hydrogen-bond acceptors (Lipinski definition) is 5. The molecule has 1 atom stereocenters. The van der Waals surface area contributed by atoms with Gasteiger partial charge in [0.2, 0.25) is 9.12 Å². The van der Waals surface area contributed by atoms with E-state index >= 15 is 0 Å². The third-order valence-electron chi connectivity index (χ3n) is 8.04. The second-order valence-electron chi connectivity index (χ2n) is 9.99. The predicted molar refractivity (Wildman–Crippen MR) is 150 cm³/mol. The maximum absolute atomic E-state index is 6.70. The molecule has 1 aliphatic carbocycles. The van der Waals surface area contributed by atoms with Gasteiger partial charge in [0.15, 0.2) is 0 Å². The van der Waals surface area contributed by atoms with E-state index in [1.807, 2.05) is 24.3 Å². The van der Waals surface area contributed by atoms with Crippen LogP contribution in [0.2, 0.25) is 0 Å². The lowest BCUT2D eigenvalue weighted by molar-refractivity contribution is -0.0283. The van der Waals surface area contributed by atoms with Crippen LogP contribution in [0.15, 0.2) is 91.0 Å². The highest BCUT2D eigenvalue weighted by Crippen LogP contribution is 2.59. The van der Waals surface area contributed by atoms with Crippen molar-refractivity contribution in [1.82, 2.24) is 0 Å². The smallest absolute Gasteiger partial charge is 0.217 e. The fraction of sp³-hybridized carbons (Fsp3) is 0.200. The number of benzene rings is 4. The van der Waals surface area contributed by atoms with Crippen molar-refractivity contribution < 1.29 is 4.74 Å². The van der Waals surface area contributed by atoms with Crippen molar-refractivity contribution in [3.05, 3.63) is 119 Å². The van der Waals surface area contributed by atoms with E-state index in [9.17, 15) is 0 Å². The predicted octanol–water partition coefficient (Wildman–Crippen LogP) is 4.29. The lowest BCUT2D eigenvalue weighted by atomic mass is 9.66. The van der Waals surface area contributed by atoms with Crippen molar-refractivity contribution >= 4 is 20.5 Å². The van der Waals surface area contributed by atoms with E-state index in [0.717, 1.165) is 47.3 Å². The summed E-state index contributed by atoms with van der Waals surface area (Å²) in [5.41, 5.74) is 21.4. The van der Waals surface area contributed by atoms with Crippen molar-refractivity contribution in [2.45, 2.75) is 29.9 Å². The zero-order valence-corrected chi connectivity index (χ0v) is 21.4. The van der Waals surface area contributed by atoms with E-state index in [0.29, 0.717) is 6.61 Å². The molecular weight excluding hydrogens is 460 g/mol. The van der Waals surface area contributed by atoms with Gasteiger partial charge in [0.05, 0.1) is 5.41 Å². The van der Waals surface area contributed by atoms with Crippen LogP contribution in [0.4, 0.5) is 11.4 Å². The number of rotatable bonds is 4. The topological polar surface area (TPSA) is 113 Å². The average Bonchev–Trinajstić information content (AvgIpc) is 3.21. The van der Waals surface area contributed by atoms with Gasteiger partial charge in [-0.05, 0) is 82.5 Å². The Kier molecular flexibility index (Phi) is 5.50. The Morgan fingerprint density at radius 2 is 1.22 bits per heavy atom. The Morgan fingerprint density at radius 3 is 1.81 bits per heavy atom. The molecule has 2 aliphatic rings. The summed E-state index contributed by atoms with van der Waals surface area (Å²) in [5.74, 6) is 0. The lowest BCUT2D eigenvalue weighted by Gasteiger charge is -2.44. The van der Waals surface area contributed by atoms with Crippen LogP contribution in [0.1, 0.15) is 47.1 Å². The van der Waals surface area contributed by atoms with Crippen LogP contribution < -0.4 is 22.3 Å². The maximum atomic E-state index is 6.70. The van der Waals surface area contributed by atoms with Crippen LogP contribution in [0.3, 0.4) is 0 Å². The van der Waals surface area contributed by atoms with Crippen LogP contribution in [-0.2, 0) is 15.4 Å². The van der Waals surface area contributed by atoms with Crippen LogP contribution >= 0.6 is 0 Å². The molecule has 1 unspecified atom stereocenters. The van der Waals surface area contributed by atoms with Crippen molar-refractivity contribution in [3.63, 3.8) is 0 Å². The third kappa shape index (κ3) is 3.19.